The Morgan fingerprint density at radius 2 is 1.00 bits per heavy atom. The maximum Gasteiger partial charge on any atom is 0.0796 e. The van der Waals surface area contributed by atoms with Crippen LogP contribution >= 0.6 is 24.4 Å². The summed E-state index contributed by atoms with van der Waals surface area (Å²) in [5.74, 6) is 1.86. The average molecular weight is 613 g/mol. The van der Waals surface area contributed by atoms with Crippen molar-refractivity contribution in [2.75, 3.05) is 0 Å². The van der Waals surface area contributed by atoms with Crippen LogP contribution in [0.25, 0.3) is 44.2 Å². The molecule has 0 fully saturated rings. The fourth-order valence-electron chi connectivity index (χ4n) is 3.47. The maximum atomic E-state index is 5.35. The van der Waals surface area contributed by atoms with E-state index in [1.807, 2.05) is 48.5 Å². The molecule has 0 radical (unpaired) electrons. The first-order valence-electron chi connectivity index (χ1n) is 9.63. The van der Waals surface area contributed by atoms with Crippen LogP contribution in [-0.4, -0.2) is 0 Å². The van der Waals surface area contributed by atoms with E-state index in [1.165, 1.54) is 21.5 Å². The first-order valence-corrected chi connectivity index (χ1v) is 20.9. The van der Waals surface area contributed by atoms with E-state index in [9.17, 15) is 0 Å². The van der Waals surface area contributed by atoms with E-state index in [1.54, 1.807) is 12.5 Å². The van der Waals surface area contributed by atoms with Crippen LogP contribution in [0.2, 0.25) is 0 Å². The average Bonchev–Trinajstić information content (AvgIpc) is 3.60. The Hall–Kier alpha value is -1.94. The minimum atomic E-state index is -0.145. The summed E-state index contributed by atoms with van der Waals surface area (Å²) < 4.78 is 10.7. The minimum absolute atomic E-state index is 0.145. The van der Waals surface area contributed by atoms with E-state index in [2.05, 4.69) is 73.0 Å². The fourth-order valence-corrected chi connectivity index (χ4v) is 3.47. The topological polar surface area (TPSA) is 26.3 Å². The van der Waals surface area contributed by atoms with Crippen molar-refractivity contribution in [2.24, 2.45) is 0 Å². The Balaban J connectivity index is 0.000000133. The van der Waals surface area contributed by atoms with Crippen molar-refractivity contribution >= 4 is 46.0 Å². The first-order chi connectivity index (χ1) is 15.3. The van der Waals surface area contributed by atoms with Crippen molar-refractivity contribution in [3.8, 4) is 22.6 Å². The molecule has 6 aromatic rings. The van der Waals surface area contributed by atoms with Gasteiger partial charge in [-0.15, -0.1) is 57.9 Å². The van der Waals surface area contributed by atoms with Crippen LogP contribution in [0, 0.1) is 0 Å². The van der Waals surface area contributed by atoms with Gasteiger partial charge >= 0.3 is 43.0 Å². The minimum Gasteiger partial charge on any atom is -0.499 e. The molecule has 0 N–H and O–H groups in total. The fraction of sp³-hybridized carbons (Fsp3) is 0. The molecule has 2 nitrogen and oxygen atoms in total. The van der Waals surface area contributed by atoms with E-state index in [0.29, 0.717) is 0 Å². The third-order valence-electron chi connectivity index (χ3n) is 4.85. The van der Waals surface area contributed by atoms with Crippen LogP contribution in [0.15, 0.2) is 118 Å². The second kappa shape index (κ2) is 11.1. The molecular weight excluding hydrogens is 595 g/mol. The van der Waals surface area contributed by atoms with Crippen molar-refractivity contribution in [3.05, 3.63) is 110 Å². The maximum absolute atomic E-state index is 5.35. The van der Waals surface area contributed by atoms with Gasteiger partial charge in [-0.3, -0.25) is 0 Å². The van der Waals surface area contributed by atoms with Gasteiger partial charge in [0.05, 0.1) is 24.0 Å². The second-order valence-electron chi connectivity index (χ2n) is 6.77. The molecule has 4 aromatic carbocycles. The van der Waals surface area contributed by atoms with Gasteiger partial charge in [-0.1, -0.05) is 59.7 Å². The first kappa shape index (κ1) is 22.3. The zero-order valence-corrected chi connectivity index (χ0v) is 22.1. The van der Waals surface area contributed by atoms with Gasteiger partial charge in [0.15, 0.2) is 0 Å². The Kier molecular flexibility index (Phi) is 7.96. The predicted octanol–water partition coefficient (Wildman–Crippen LogP) is 9.33. The Morgan fingerprint density at radius 3 is 1.35 bits per heavy atom. The summed E-state index contributed by atoms with van der Waals surface area (Å²) in [7, 11) is 0. The third kappa shape index (κ3) is 5.65. The van der Waals surface area contributed by atoms with Gasteiger partial charge in [-0.2, -0.15) is 0 Å². The van der Waals surface area contributed by atoms with E-state index in [4.69, 9.17) is 8.83 Å². The van der Waals surface area contributed by atoms with Gasteiger partial charge in [0, 0.05) is 0 Å². The molecule has 0 saturated heterocycles. The van der Waals surface area contributed by atoms with E-state index < -0.39 is 0 Å². The van der Waals surface area contributed by atoms with Gasteiger partial charge in [0.25, 0.3) is 0 Å². The quantitative estimate of drug-likeness (QED) is 0.182. The van der Waals surface area contributed by atoms with Crippen molar-refractivity contribution < 1.29 is 27.4 Å². The molecular formula is C26H18Br2O2Zr. The molecule has 0 aliphatic heterocycles. The molecule has 6 rings (SSSR count). The standard InChI is InChI=1S/2C13H9O.2BrH.Zr/c2*1-2-5-11-9-12(8-10(11)4-1)13-6-3-7-14-13;;;/h2*1-9H;2*1H;/q2*-1;;;+4/p-2. The number of halogens is 2. The molecule has 0 aliphatic carbocycles. The second-order valence-corrected chi connectivity index (χ2v) is 18.1. The van der Waals surface area contributed by atoms with Gasteiger partial charge in [0.2, 0.25) is 0 Å². The summed E-state index contributed by atoms with van der Waals surface area (Å²) in [6.45, 7) is 0. The van der Waals surface area contributed by atoms with Crippen LogP contribution in [0.3, 0.4) is 0 Å². The van der Waals surface area contributed by atoms with Crippen molar-refractivity contribution in [1.82, 2.24) is 0 Å². The third-order valence-corrected chi connectivity index (χ3v) is 4.85. The van der Waals surface area contributed by atoms with Gasteiger partial charge in [-0.25, -0.2) is 0 Å². The van der Waals surface area contributed by atoms with E-state index in [0.717, 1.165) is 22.6 Å². The van der Waals surface area contributed by atoms with E-state index >= 15 is 0 Å². The zero-order chi connectivity index (χ0) is 21.5. The molecule has 2 heterocycles. The summed E-state index contributed by atoms with van der Waals surface area (Å²) in [6.07, 6.45) is 3.40. The Morgan fingerprint density at radius 1 is 0.581 bits per heavy atom. The Labute approximate surface area is 204 Å². The molecule has 2 aromatic heterocycles. The van der Waals surface area contributed by atoms with Gasteiger partial charge < -0.3 is 8.83 Å². The van der Waals surface area contributed by atoms with Crippen molar-refractivity contribution in [2.45, 2.75) is 0 Å². The molecule has 5 heteroatoms. The molecule has 0 spiro atoms. The van der Waals surface area contributed by atoms with Crippen LogP contribution in [-0.2, 0) is 18.5 Å². The molecule has 0 amide bonds. The number of fused-ring (bicyclic) bond motifs is 2. The molecule has 0 unspecified atom stereocenters. The van der Waals surface area contributed by atoms with Crippen LogP contribution in [0.4, 0.5) is 0 Å². The Bertz CT molecular complexity index is 1160. The monoisotopic (exact) mass is 610 g/mol. The molecule has 31 heavy (non-hydrogen) atoms. The summed E-state index contributed by atoms with van der Waals surface area (Å²) >= 11 is 6.32. The predicted molar refractivity (Wildman–Crippen MR) is 132 cm³/mol. The summed E-state index contributed by atoms with van der Waals surface area (Å²) in [5.41, 5.74) is 2.30. The summed E-state index contributed by atoms with van der Waals surface area (Å²) in [6, 6.07) is 33.0. The number of furan rings is 2. The normalized spacial score (nSPS) is 10.1. The van der Waals surface area contributed by atoms with Crippen LogP contribution in [0.1, 0.15) is 0 Å². The SMILES string of the molecule is [Br][Zr+2][Br].c1coc(-c2cc3ccccc3[cH-]2)c1.c1coc(-c2cc3ccccc3[cH-]2)c1. The zero-order valence-electron chi connectivity index (χ0n) is 16.5. The van der Waals surface area contributed by atoms with Crippen LogP contribution in [0.5, 0.6) is 0 Å². The molecule has 0 atom stereocenters. The van der Waals surface area contributed by atoms with E-state index in [-0.39, 0.29) is 18.5 Å². The van der Waals surface area contributed by atoms with Crippen molar-refractivity contribution in [1.29, 1.82) is 0 Å². The molecule has 152 valence electrons. The van der Waals surface area contributed by atoms with Gasteiger partial charge in [-0.05, 0) is 12.1 Å². The number of hydrogen-bond donors (Lipinski definition) is 0. The molecule has 0 saturated carbocycles. The van der Waals surface area contributed by atoms with Crippen molar-refractivity contribution in [3.63, 3.8) is 0 Å². The van der Waals surface area contributed by atoms with Gasteiger partial charge in [0.1, 0.15) is 0 Å². The van der Waals surface area contributed by atoms with Crippen LogP contribution < -0.4 is 0 Å². The molecule has 0 bridgehead atoms. The number of hydrogen-bond acceptors (Lipinski definition) is 2. The number of benzene rings is 2. The summed E-state index contributed by atoms with van der Waals surface area (Å²) in [4.78, 5) is 0. The largest absolute Gasteiger partial charge is 0.499 e. The smallest absolute Gasteiger partial charge is 0.0796 e. The number of rotatable bonds is 2. The summed E-state index contributed by atoms with van der Waals surface area (Å²) in [5, 5.41) is 5.05. The molecule has 0 aliphatic rings.